The summed E-state index contributed by atoms with van der Waals surface area (Å²) in [5.74, 6) is 0.885. The smallest absolute Gasteiger partial charge is 0.119 e. The zero-order valence-corrected chi connectivity index (χ0v) is 14.9. The average molecular weight is 319 g/mol. The van der Waals surface area contributed by atoms with Gasteiger partial charge in [0, 0.05) is 0 Å². The molecule has 0 bridgehead atoms. The summed E-state index contributed by atoms with van der Waals surface area (Å²) < 4.78 is 5.74. The highest BCUT2D eigenvalue weighted by atomic mass is 16.5. The summed E-state index contributed by atoms with van der Waals surface area (Å²) in [4.78, 5) is 0. The standard InChI is InChI=1S/C20H33NO2/c1-3-4-5-6-7-8-9-10-11-12-17-23-20-15-13-19(14-16-20)18(2)21-22/h13-16,22H,3-12,17H2,1-2H3/b21-18+. The van der Waals surface area contributed by atoms with E-state index in [0.717, 1.165) is 24.3 Å². The Morgan fingerprint density at radius 3 is 1.91 bits per heavy atom. The maximum atomic E-state index is 8.73. The molecule has 0 aromatic heterocycles. The van der Waals surface area contributed by atoms with Crippen LogP contribution in [-0.2, 0) is 0 Å². The normalized spacial score (nSPS) is 11.7. The molecule has 0 atom stereocenters. The van der Waals surface area contributed by atoms with Gasteiger partial charge in [-0.1, -0.05) is 69.9 Å². The first-order chi connectivity index (χ1) is 11.3. The minimum Gasteiger partial charge on any atom is -0.494 e. The summed E-state index contributed by atoms with van der Waals surface area (Å²) in [7, 11) is 0. The van der Waals surface area contributed by atoms with Gasteiger partial charge in [-0.2, -0.15) is 0 Å². The van der Waals surface area contributed by atoms with Gasteiger partial charge in [0.15, 0.2) is 0 Å². The molecule has 0 radical (unpaired) electrons. The molecule has 0 aliphatic carbocycles. The number of oxime groups is 1. The molecular formula is C20H33NO2. The number of hydrogen-bond donors (Lipinski definition) is 1. The van der Waals surface area contributed by atoms with Gasteiger partial charge in [0.25, 0.3) is 0 Å². The molecule has 0 aliphatic heterocycles. The summed E-state index contributed by atoms with van der Waals surface area (Å²) in [6, 6.07) is 7.70. The Hall–Kier alpha value is -1.51. The topological polar surface area (TPSA) is 41.8 Å². The Morgan fingerprint density at radius 1 is 0.870 bits per heavy atom. The first kappa shape index (κ1) is 19.5. The van der Waals surface area contributed by atoms with Crippen molar-refractivity contribution in [3.05, 3.63) is 29.8 Å². The number of nitrogens with zero attached hydrogens (tertiary/aromatic N) is 1. The molecule has 0 fully saturated rings. The van der Waals surface area contributed by atoms with Gasteiger partial charge in [-0.3, -0.25) is 0 Å². The lowest BCUT2D eigenvalue weighted by Gasteiger charge is -2.07. The van der Waals surface area contributed by atoms with Gasteiger partial charge in [-0.05, 0) is 43.2 Å². The lowest BCUT2D eigenvalue weighted by Crippen LogP contribution is -1.98. The molecule has 0 heterocycles. The zero-order valence-electron chi connectivity index (χ0n) is 14.9. The Bertz CT molecular complexity index is 426. The Kier molecular flexibility index (Phi) is 11.0. The van der Waals surface area contributed by atoms with Crippen LogP contribution in [0.25, 0.3) is 0 Å². The Balaban J connectivity index is 1.99. The van der Waals surface area contributed by atoms with Crippen LogP contribution in [-0.4, -0.2) is 17.5 Å². The molecule has 1 N–H and O–H groups in total. The lowest BCUT2D eigenvalue weighted by molar-refractivity contribution is 0.304. The predicted octanol–water partition coefficient (Wildman–Crippen LogP) is 6.18. The van der Waals surface area contributed by atoms with Crippen LogP contribution in [0.3, 0.4) is 0 Å². The van der Waals surface area contributed by atoms with E-state index in [0.29, 0.717) is 5.71 Å². The molecular weight excluding hydrogens is 286 g/mol. The molecule has 3 heteroatoms. The third kappa shape index (κ3) is 9.27. The molecule has 1 aromatic rings. The molecule has 23 heavy (non-hydrogen) atoms. The molecule has 0 saturated carbocycles. The fraction of sp³-hybridized carbons (Fsp3) is 0.650. The first-order valence-corrected chi connectivity index (χ1v) is 9.19. The summed E-state index contributed by atoms with van der Waals surface area (Å²) in [5.41, 5.74) is 1.53. The quantitative estimate of drug-likeness (QED) is 0.204. The van der Waals surface area contributed by atoms with Gasteiger partial charge in [-0.15, -0.1) is 0 Å². The second kappa shape index (κ2) is 13.0. The summed E-state index contributed by atoms with van der Waals surface area (Å²) in [5, 5.41) is 11.9. The molecule has 0 saturated heterocycles. The van der Waals surface area contributed by atoms with Gasteiger partial charge >= 0.3 is 0 Å². The number of benzene rings is 1. The zero-order chi connectivity index (χ0) is 16.8. The number of ether oxygens (including phenoxy) is 1. The van der Waals surface area contributed by atoms with E-state index in [1.54, 1.807) is 6.92 Å². The van der Waals surface area contributed by atoms with Gasteiger partial charge < -0.3 is 9.94 Å². The highest BCUT2D eigenvalue weighted by Gasteiger charge is 1.99. The number of unbranched alkanes of at least 4 members (excludes halogenated alkanes) is 9. The Morgan fingerprint density at radius 2 is 1.39 bits per heavy atom. The SMILES string of the molecule is CCCCCCCCCCCCOc1ccc(/C(C)=N/O)cc1. The van der Waals surface area contributed by atoms with Crippen molar-refractivity contribution in [3.63, 3.8) is 0 Å². The van der Waals surface area contributed by atoms with Crippen LogP contribution < -0.4 is 4.74 Å². The van der Waals surface area contributed by atoms with Crippen molar-refractivity contribution in [1.82, 2.24) is 0 Å². The van der Waals surface area contributed by atoms with Crippen LogP contribution in [0.15, 0.2) is 29.4 Å². The fourth-order valence-electron chi connectivity index (χ4n) is 2.63. The van der Waals surface area contributed by atoms with Crippen molar-refractivity contribution in [2.24, 2.45) is 5.16 Å². The van der Waals surface area contributed by atoms with Gasteiger partial charge in [-0.25, -0.2) is 0 Å². The third-order valence-electron chi connectivity index (χ3n) is 4.19. The van der Waals surface area contributed by atoms with Crippen molar-refractivity contribution in [2.75, 3.05) is 6.61 Å². The van der Waals surface area contributed by atoms with Crippen molar-refractivity contribution in [3.8, 4) is 5.75 Å². The largest absolute Gasteiger partial charge is 0.494 e. The second-order valence-electron chi connectivity index (χ2n) is 6.24. The molecule has 1 rings (SSSR count). The van der Waals surface area contributed by atoms with E-state index in [4.69, 9.17) is 9.94 Å². The first-order valence-electron chi connectivity index (χ1n) is 9.19. The summed E-state index contributed by atoms with van der Waals surface area (Å²) in [6.07, 6.45) is 13.4. The van der Waals surface area contributed by atoms with E-state index in [9.17, 15) is 0 Å². The maximum absolute atomic E-state index is 8.73. The van der Waals surface area contributed by atoms with E-state index >= 15 is 0 Å². The van der Waals surface area contributed by atoms with E-state index in [1.807, 2.05) is 24.3 Å². The minimum absolute atomic E-state index is 0.617. The van der Waals surface area contributed by atoms with E-state index in [2.05, 4.69) is 12.1 Å². The van der Waals surface area contributed by atoms with E-state index in [-0.39, 0.29) is 0 Å². The van der Waals surface area contributed by atoms with Gasteiger partial charge in [0.1, 0.15) is 5.75 Å². The van der Waals surface area contributed by atoms with Crippen LogP contribution in [0.1, 0.15) is 83.6 Å². The molecule has 3 nitrogen and oxygen atoms in total. The van der Waals surface area contributed by atoms with E-state index < -0.39 is 0 Å². The minimum atomic E-state index is 0.617. The monoisotopic (exact) mass is 319 g/mol. The third-order valence-corrected chi connectivity index (χ3v) is 4.19. The average Bonchev–Trinajstić information content (AvgIpc) is 2.59. The van der Waals surface area contributed by atoms with Crippen molar-refractivity contribution < 1.29 is 9.94 Å². The molecule has 1 aromatic carbocycles. The Labute approximate surface area is 141 Å². The van der Waals surface area contributed by atoms with Crippen molar-refractivity contribution in [1.29, 1.82) is 0 Å². The van der Waals surface area contributed by atoms with Gasteiger partial charge in [0.2, 0.25) is 0 Å². The molecule has 0 spiro atoms. The fourth-order valence-corrected chi connectivity index (χ4v) is 2.63. The summed E-state index contributed by atoms with van der Waals surface area (Å²) >= 11 is 0. The van der Waals surface area contributed by atoms with Crippen molar-refractivity contribution in [2.45, 2.75) is 78.1 Å². The van der Waals surface area contributed by atoms with Crippen LogP contribution in [0.2, 0.25) is 0 Å². The highest BCUT2D eigenvalue weighted by Crippen LogP contribution is 2.14. The predicted molar refractivity (Wildman–Crippen MR) is 97.8 cm³/mol. The maximum Gasteiger partial charge on any atom is 0.119 e. The number of rotatable bonds is 13. The molecule has 0 unspecified atom stereocenters. The van der Waals surface area contributed by atoms with Crippen LogP contribution >= 0.6 is 0 Å². The highest BCUT2D eigenvalue weighted by molar-refractivity contribution is 5.98. The lowest BCUT2D eigenvalue weighted by atomic mass is 10.1. The van der Waals surface area contributed by atoms with Crippen LogP contribution in [0, 0.1) is 0 Å². The molecule has 0 amide bonds. The van der Waals surface area contributed by atoms with Gasteiger partial charge in [0.05, 0.1) is 12.3 Å². The second-order valence-corrected chi connectivity index (χ2v) is 6.24. The molecule has 0 aliphatic rings. The van der Waals surface area contributed by atoms with Crippen LogP contribution in [0.4, 0.5) is 0 Å². The molecule has 130 valence electrons. The van der Waals surface area contributed by atoms with E-state index in [1.165, 1.54) is 57.8 Å². The van der Waals surface area contributed by atoms with Crippen molar-refractivity contribution >= 4 is 5.71 Å². The summed E-state index contributed by atoms with van der Waals surface area (Å²) in [6.45, 7) is 4.82. The van der Waals surface area contributed by atoms with Crippen LogP contribution in [0.5, 0.6) is 5.75 Å². The number of hydrogen-bond acceptors (Lipinski definition) is 3.